The van der Waals surface area contributed by atoms with Gasteiger partial charge in [0.15, 0.2) is 0 Å². The lowest BCUT2D eigenvalue weighted by Gasteiger charge is -2.20. The first-order chi connectivity index (χ1) is 13.0. The first-order valence-electron chi connectivity index (χ1n) is 9.31. The molecule has 1 saturated carbocycles. The molecule has 0 unspecified atom stereocenters. The number of carbonyl (C=O) groups excluding carboxylic acids is 1. The van der Waals surface area contributed by atoms with Crippen LogP contribution >= 0.6 is 0 Å². The first-order valence-corrected chi connectivity index (χ1v) is 9.31. The van der Waals surface area contributed by atoms with E-state index in [0.29, 0.717) is 12.5 Å². The third-order valence-electron chi connectivity index (χ3n) is 5.74. The number of aryl methyl sites for hydroxylation is 1. The summed E-state index contributed by atoms with van der Waals surface area (Å²) in [5.74, 6) is 0.0797. The van der Waals surface area contributed by atoms with Crippen LogP contribution in [0.25, 0.3) is 0 Å². The molecule has 4 rings (SSSR count). The highest BCUT2D eigenvalue weighted by molar-refractivity contribution is 5.91. The molecule has 142 valence electrons. The van der Waals surface area contributed by atoms with E-state index in [9.17, 15) is 14.0 Å². The molecule has 1 aromatic heterocycles. The van der Waals surface area contributed by atoms with E-state index in [2.05, 4.69) is 15.3 Å². The van der Waals surface area contributed by atoms with Crippen LogP contribution in [0.2, 0.25) is 0 Å². The average molecular weight is 370 g/mol. The van der Waals surface area contributed by atoms with Gasteiger partial charge < -0.3 is 10.2 Å². The molecule has 1 aliphatic carbocycles. The van der Waals surface area contributed by atoms with Crippen molar-refractivity contribution in [1.82, 2.24) is 15.1 Å². The van der Waals surface area contributed by atoms with E-state index < -0.39 is 5.41 Å². The van der Waals surface area contributed by atoms with E-state index in [4.69, 9.17) is 0 Å². The van der Waals surface area contributed by atoms with E-state index in [-0.39, 0.29) is 17.3 Å². The Balaban J connectivity index is 1.34. The Morgan fingerprint density at radius 2 is 2.07 bits per heavy atom. The van der Waals surface area contributed by atoms with Crippen LogP contribution in [0, 0.1) is 11.7 Å². The van der Waals surface area contributed by atoms with Crippen molar-refractivity contribution in [3.05, 3.63) is 58.3 Å². The lowest BCUT2D eigenvalue weighted by atomic mass is 9.94. The minimum Gasteiger partial charge on any atom is -0.370 e. The number of benzene rings is 1. The zero-order valence-corrected chi connectivity index (χ0v) is 15.3. The summed E-state index contributed by atoms with van der Waals surface area (Å²) in [5.41, 5.74) is 1.11. The standard InChI is InChI=1S/C20H23FN4O2/c1-24-18(26)10-17(12-23-24)25-9-6-14(13-25)11-22-19(27)20(7-8-20)15-2-4-16(21)5-3-15/h2-5,10,12,14H,6-9,11,13H2,1H3,(H,22,27)/t14-/m0/s1. The van der Waals surface area contributed by atoms with Crippen molar-refractivity contribution in [2.24, 2.45) is 13.0 Å². The molecular weight excluding hydrogens is 347 g/mol. The highest BCUT2D eigenvalue weighted by Crippen LogP contribution is 2.48. The third-order valence-corrected chi connectivity index (χ3v) is 5.74. The molecule has 27 heavy (non-hydrogen) atoms. The normalized spacial score (nSPS) is 20.5. The number of nitrogens with zero attached hydrogens (tertiary/aromatic N) is 3. The molecule has 0 bridgehead atoms. The fraction of sp³-hybridized carbons (Fsp3) is 0.450. The van der Waals surface area contributed by atoms with Gasteiger partial charge in [-0.25, -0.2) is 9.07 Å². The Morgan fingerprint density at radius 1 is 1.33 bits per heavy atom. The van der Waals surface area contributed by atoms with Gasteiger partial charge in [-0.3, -0.25) is 9.59 Å². The number of nitrogens with one attached hydrogen (secondary N) is 1. The fourth-order valence-corrected chi connectivity index (χ4v) is 3.81. The van der Waals surface area contributed by atoms with E-state index in [1.165, 1.54) is 16.8 Å². The quantitative estimate of drug-likeness (QED) is 0.868. The molecule has 2 aliphatic rings. The zero-order valence-electron chi connectivity index (χ0n) is 15.3. The molecular formula is C20H23FN4O2. The number of hydrogen-bond donors (Lipinski definition) is 1. The fourth-order valence-electron chi connectivity index (χ4n) is 3.81. The van der Waals surface area contributed by atoms with Crippen LogP contribution in [0.15, 0.2) is 41.3 Å². The summed E-state index contributed by atoms with van der Waals surface area (Å²) in [6, 6.07) is 7.84. The van der Waals surface area contributed by atoms with Crippen molar-refractivity contribution >= 4 is 11.6 Å². The molecule has 1 aliphatic heterocycles. The van der Waals surface area contributed by atoms with Crippen LogP contribution in [-0.4, -0.2) is 35.3 Å². The predicted molar refractivity (Wildman–Crippen MR) is 100 cm³/mol. The number of carbonyl (C=O) groups is 1. The molecule has 6 nitrogen and oxygen atoms in total. The van der Waals surface area contributed by atoms with E-state index in [1.807, 2.05) is 0 Å². The summed E-state index contributed by atoms with van der Waals surface area (Å²) in [4.78, 5) is 26.6. The van der Waals surface area contributed by atoms with E-state index >= 15 is 0 Å². The Bertz CT molecular complexity index is 905. The summed E-state index contributed by atoms with van der Waals surface area (Å²) < 4.78 is 14.4. The molecule has 0 radical (unpaired) electrons. The Hall–Kier alpha value is -2.70. The van der Waals surface area contributed by atoms with Gasteiger partial charge in [0.05, 0.1) is 17.3 Å². The largest absolute Gasteiger partial charge is 0.370 e. The molecule has 2 aromatic rings. The summed E-state index contributed by atoms with van der Waals surface area (Å²) in [6.45, 7) is 2.24. The van der Waals surface area contributed by atoms with Crippen LogP contribution in [0.1, 0.15) is 24.8 Å². The SMILES string of the molecule is Cn1ncc(N2CC[C@@H](CNC(=O)C3(c4ccc(F)cc4)CC3)C2)cc1=O. The van der Waals surface area contributed by atoms with Crippen molar-refractivity contribution in [3.8, 4) is 0 Å². The zero-order chi connectivity index (χ0) is 19.0. The van der Waals surface area contributed by atoms with Gasteiger partial charge in [0.1, 0.15) is 5.82 Å². The maximum absolute atomic E-state index is 13.1. The van der Waals surface area contributed by atoms with Gasteiger partial charge >= 0.3 is 0 Å². The van der Waals surface area contributed by atoms with Crippen LogP contribution < -0.4 is 15.8 Å². The molecule has 1 atom stereocenters. The molecule has 1 saturated heterocycles. The maximum atomic E-state index is 13.1. The maximum Gasteiger partial charge on any atom is 0.268 e. The van der Waals surface area contributed by atoms with Gasteiger partial charge in [-0.05, 0) is 42.9 Å². The number of halogens is 1. The topological polar surface area (TPSA) is 67.2 Å². The monoisotopic (exact) mass is 370 g/mol. The summed E-state index contributed by atoms with van der Waals surface area (Å²) in [6.07, 6.45) is 4.27. The Kier molecular flexibility index (Phi) is 4.45. The van der Waals surface area contributed by atoms with Gasteiger partial charge in [-0.1, -0.05) is 12.1 Å². The van der Waals surface area contributed by atoms with Gasteiger partial charge in [-0.15, -0.1) is 0 Å². The Labute approximate surface area is 157 Å². The van der Waals surface area contributed by atoms with Crippen molar-refractivity contribution in [3.63, 3.8) is 0 Å². The second kappa shape index (κ2) is 6.79. The second-order valence-corrected chi connectivity index (χ2v) is 7.58. The lowest BCUT2D eigenvalue weighted by molar-refractivity contribution is -0.123. The van der Waals surface area contributed by atoms with Gasteiger partial charge in [0.2, 0.25) is 5.91 Å². The minimum atomic E-state index is -0.485. The number of hydrogen-bond acceptors (Lipinski definition) is 4. The third kappa shape index (κ3) is 3.46. The van der Waals surface area contributed by atoms with Gasteiger partial charge in [0, 0.05) is 32.7 Å². The molecule has 7 heteroatoms. The average Bonchev–Trinajstić information content (AvgIpc) is 3.34. The number of anilines is 1. The van der Waals surface area contributed by atoms with Gasteiger partial charge in [0.25, 0.3) is 5.56 Å². The highest BCUT2D eigenvalue weighted by atomic mass is 19.1. The lowest BCUT2D eigenvalue weighted by Crippen LogP contribution is -2.38. The summed E-state index contributed by atoms with van der Waals surface area (Å²) in [7, 11) is 1.63. The smallest absolute Gasteiger partial charge is 0.268 e. The molecule has 1 aromatic carbocycles. The van der Waals surface area contributed by atoms with Crippen LogP contribution in [0.4, 0.5) is 10.1 Å². The highest BCUT2D eigenvalue weighted by Gasteiger charge is 2.51. The Morgan fingerprint density at radius 3 is 2.74 bits per heavy atom. The van der Waals surface area contributed by atoms with Crippen LogP contribution in [-0.2, 0) is 17.3 Å². The molecule has 1 amide bonds. The molecule has 2 fully saturated rings. The van der Waals surface area contributed by atoms with Crippen LogP contribution in [0.5, 0.6) is 0 Å². The van der Waals surface area contributed by atoms with Crippen LogP contribution in [0.3, 0.4) is 0 Å². The number of rotatable bonds is 5. The molecule has 1 N–H and O–H groups in total. The number of aromatic nitrogens is 2. The van der Waals surface area contributed by atoms with Crippen molar-refractivity contribution in [1.29, 1.82) is 0 Å². The first kappa shape index (κ1) is 17.7. The van der Waals surface area contributed by atoms with E-state index in [0.717, 1.165) is 43.6 Å². The predicted octanol–water partition coefficient (Wildman–Crippen LogP) is 1.59. The molecule has 0 spiro atoms. The van der Waals surface area contributed by atoms with Gasteiger partial charge in [-0.2, -0.15) is 5.10 Å². The van der Waals surface area contributed by atoms with E-state index in [1.54, 1.807) is 31.4 Å². The van der Waals surface area contributed by atoms with Crippen molar-refractivity contribution in [2.75, 3.05) is 24.5 Å². The second-order valence-electron chi connectivity index (χ2n) is 7.58. The number of amides is 1. The minimum absolute atomic E-state index is 0.0304. The summed E-state index contributed by atoms with van der Waals surface area (Å²) >= 11 is 0. The summed E-state index contributed by atoms with van der Waals surface area (Å²) in [5, 5.41) is 7.16. The molecule has 2 heterocycles. The van der Waals surface area contributed by atoms with Crippen molar-refractivity contribution < 1.29 is 9.18 Å². The van der Waals surface area contributed by atoms with Crippen molar-refractivity contribution in [2.45, 2.75) is 24.7 Å².